The molecule has 0 saturated carbocycles. The van der Waals surface area contributed by atoms with Gasteiger partial charge in [0.2, 0.25) is 5.91 Å². The highest BCUT2D eigenvalue weighted by atomic mass is 35.5. The summed E-state index contributed by atoms with van der Waals surface area (Å²) in [4.78, 5) is 23.7. The number of rotatable bonds is 4. The molecule has 2 fully saturated rings. The highest BCUT2D eigenvalue weighted by molar-refractivity contribution is 8.16. The van der Waals surface area contributed by atoms with E-state index >= 15 is 0 Å². The van der Waals surface area contributed by atoms with Gasteiger partial charge in [0.05, 0.1) is 18.1 Å². The van der Waals surface area contributed by atoms with Gasteiger partial charge in [-0.1, -0.05) is 25.6 Å². The first-order valence-electron chi connectivity index (χ1n) is 5.73. The van der Waals surface area contributed by atoms with Crippen LogP contribution in [0.2, 0.25) is 0 Å². The molecule has 0 bridgehead atoms. The Kier molecular flexibility index (Phi) is 3.45. The molecule has 0 aromatic rings. The number of halogens is 1. The van der Waals surface area contributed by atoms with Crippen LogP contribution in [0, 0.1) is 11.8 Å². The number of aliphatic hydroxyl groups is 1. The number of hydrogen-bond acceptors (Lipinski definition) is 4. The molecule has 4 nitrogen and oxygen atoms in total. The van der Waals surface area contributed by atoms with Gasteiger partial charge in [0.25, 0.3) is 0 Å². The van der Waals surface area contributed by atoms with Gasteiger partial charge in [-0.2, -0.15) is 0 Å². The molecule has 0 aromatic carbocycles. The molecule has 1 unspecified atom stereocenters. The SMILES string of the molecule is CC(C)[C@H](O)[C@@]12SC(=O)C(CCCl)[C@@H]1NC2=O. The van der Waals surface area contributed by atoms with Gasteiger partial charge in [-0.05, 0) is 12.3 Å². The van der Waals surface area contributed by atoms with Crippen molar-refractivity contribution in [1.29, 1.82) is 0 Å². The average molecular weight is 278 g/mol. The summed E-state index contributed by atoms with van der Waals surface area (Å²) < 4.78 is -0.970. The van der Waals surface area contributed by atoms with Gasteiger partial charge in [0, 0.05) is 5.88 Å². The number of aliphatic hydroxyl groups excluding tert-OH is 1. The van der Waals surface area contributed by atoms with Gasteiger partial charge in [-0.25, -0.2) is 0 Å². The number of nitrogens with one attached hydrogen (secondary N) is 1. The fraction of sp³-hybridized carbons (Fsp3) is 0.818. The Hall–Kier alpha value is -0.260. The molecule has 1 amide bonds. The summed E-state index contributed by atoms with van der Waals surface area (Å²) >= 11 is 6.67. The molecule has 2 N–H and O–H groups in total. The molecule has 2 saturated heterocycles. The standard InChI is InChI=1S/C11H16ClNO3S/c1-5(2)8(14)11-7(13-10(11)16)6(3-4-12)9(15)17-11/h5-8,14H,3-4H2,1-2H3,(H,13,16)/t6?,7-,8-,11-/m0/s1. The van der Waals surface area contributed by atoms with Crippen LogP contribution in [0.1, 0.15) is 20.3 Å². The van der Waals surface area contributed by atoms with Gasteiger partial charge >= 0.3 is 0 Å². The van der Waals surface area contributed by atoms with Crippen LogP contribution in [0.5, 0.6) is 0 Å². The molecule has 0 radical (unpaired) electrons. The maximum absolute atomic E-state index is 11.9. The minimum atomic E-state index is -0.970. The third kappa shape index (κ3) is 1.71. The maximum Gasteiger partial charge on any atom is 0.241 e. The van der Waals surface area contributed by atoms with Crippen LogP contribution in [0.15, 0.2) is 0 Å². The highest BCUT2D eigenvalue weighted by Crippen LogP contribution is 2.52. The minimum absolute atomic E-state index is 0.0336. The average Bonchev–Trinajstić information content (AvgIpc) is 2.49. The number of hydrogen-bond donors (Lipinski definition) is 2. The van der Waals surface area contributed by atoms with Crippen molar-refractivity contribution in [3.05, 3.63) is 0 Å². The highest BCUT2D eigenvalue weighted by Gasteiger charge is 2.69. The smallest absolute Gasteiger partial charge is 0.241 e. The van der Waals surface area contributed by atoms with E-state index in [2.05, 4.69) is 5.32 Å². The maximum atomic E-state index is 11.9. The van der Waals surface area contributed by atoms with Crippen LogP contribution >= 0.6 is 23.4 Å². The Balaban J connectivity index is 2.27. The zero-order valence-electron chi connectivity index (χ0n) is 9.77. The molecule has 2 aliphatic heterocycles. The van der Waals surface area contributed by atoms with E-state index in [9.17, 15) is 14.7 Å². The summed E-state index contributed by atoms with van der Waals surface area (Å²) in [6.07, 6.45) is -0.249. The zero-order valence-corrected chi connectivity index (χ0v) is 11.3. The van der Waals surface area contributed by atoms with Crippen molar-refractivity contribution in [3.63, 3.8) is 0 Å². The first-order chi connectivity index (χ1) is 7.95. The number of carbonyl (C=O) groups is 2. The van der Waals surface area contributed by atoms with Gasteiger partial charge in [0.15, 0.2) is 5.12 Å². The largest absolute Gasteiger partial charge is 0.391 e. The fourth-order valence-electron chi connectivity index (χ4n) is 2.59. The van der Waals surface area contributed by atoms with Crippen molar-refractivity contribution in [2.45, 2.75) is 37.2 Å². The third-order valence-electron chi connectivity index (χ3n) is 3.57. The Morgan fingerprint density at radius 1 is 1.53 bits per heavy atom. The molecule has 0 aromatic heterocycles. The number of carbonyl (C=O) groups excluding carboxylic acids is 2. The van der Waals surface area contributed by atoms with Crippen LogP contribution in [0.4, 0.5) is 0 Å². The normalized spacial score (nSPS) is 37.7. The first-order valence-corrected chi connectivity index (χ1v) is 7.08. The molecule has 2 aliphatic rings. The van der Waals surface area contributed by atoms with Crippen molar-refractivity contribution in [2.24, 2.45) is 11.8 Å². The summed E-state index contributed by atoms with van der Waals surface area (Å²) in [5, 5.41) is 12.9. The molecule has 0 spiro atoms. The molecule has 6 heteroatoms. The molecule has 4 atom stereocenters. The van der Waals surface area contributed by atoms with Gasteiger partial charge in [-0.15, -0.1) is 11.6 Å². The van der Waals surface area contributed by atoms with Crippen LogP contribution in [0.25, 0.3) is 0 Å². The van der Waals surface area contributed by atoms with E-state index in [4.69, 9.17) is 11.6 Å². The topological polar surface area (TPSA) is 66.4 Å². The van der Waals surface area contributed by atoms with E-state index < -0.39 is 10.9 Å². The van der Waals surface area contributed by atoms with E-state index in [1.807, 2.05) is 13.8 Å². The lowest BCUT2D eigenvalue weighted by Crippen LogP contribution is -2.75. The minimum Gasteiger partial charge on any atom is -0.391 e. The Labute approximate surface area is 109 Å². The van der Waals surface area contributed by atoms with E-state index in [0.29, 0.717) is 12.3 Å². The Bertz CT molecular complexity index is 363. The molecular weight excluding hydrogens is 262 g/mol. The van der Waals surface area contributed by atoms with Crippen molar-refractivity contribution in [1.82, 2.24) is 5.32 Å². The molecule has 96 valence electrons. The van der Waals surface area contributed by atoms with Gasteiger partial charge in [0.1, 0.15) is 4.75 Å². The van der Waals surface area contributed by atoms with Crippen LogP contribution in [0.3, 0.4) is 0 Å². The van der Waals surface area contributed by atoms with Gasteiger partial charge in [-0.3, -0.25) is 9.59 Å². The summed E-state index contributed by atoms with van der Waals surface area (Å²) in [6, 6.07) is -0.261. The van der Waals surface area contributed by atoms with Crippen LogP contribution in [-0.2, 0) is 9.59 Å². The molecule has 0 aliphatic carbocycles. The second-order valence-electron chi connectivity index (χ2n) is 4.94. The molecule has 17 heavy (non-hydrogen) atoms. The van der Waals surface area contributed by atoms with E-state index in [-0.39, 0.29) is 28.9 Å². The monoisotopic (exact) mass is 277 g/mol. The van der Waals surface area contributed by atoms with Crippen molar-refractivity contribution in [3.8, 4) is 0 Å². The first kappa shape index (κ1) is 13.2. The number of fused-ring (bicyclic) bond motifs is 1. The van der Waals surface area contributed by atoms with Crippen LogP contribution < -0.4 is 5.32 Å². The predicted octanol–water partition coefficient (Wildman–Crippen LogP) is 0.759. The second-order valence-corrected chi connectivity index (χ2v) is 6.60. The van der Waals surface area contributed by atoms with Crippen molar-refractivity contribution < 1.29 is 14.7 Å². The Morgan fingerprint density at radius 3 is 2.65 bits per heavy atom. The second kappa shape index (κ2) is 4.44. The summed E-state index contributed by atoms with van der Waals surface area (Å²) in [5.41, 5.74) is 0. The number of β-lactam (4-membered cyclic amide) rings is 1. The summed E-state index contributed by atoms with van der Waals surface area (Å²) in [5.74, 6) is -0.154. The van der Waals surface area contributed by atoms with Crippen molar-refractivity contribution in [2.75, 3.05) is 5.88 Å². The number of thioether (sulfide) groups is 1. The Morgan fingerprint density at radius 2 is 2.18 bits per heavy atom. The van der Waals surface area contributed by atoms with E-state index in [0.717, 1.165) is 11.8 Å². The quantitative estimate of drug-likeness (QED) is 0.588. The molecule has 2 heterocycles. The van der Waals surface area contributed by atoms with Crippen molar-refractivity contribution >= 4 is 34.4 Å². The fourth-order valence-corrected chi connectivity index (χ4v) is 4.46. The molecule has 2 rings (SSSR count). The van der Waals surface area contributed by atoms with Crippen LogP contribution in [-0.4, -0.2) is 38.9 Å². The van der Waals surface area contributed by atoms with Gasteiger partial charge < -0.3 is 10.4 Å². The predicted molar refractivity (Wildman–Crippen MR) is 66.9 cm³/mol. The van der Waals surface area contributed by atoms with E-state index in [1.165, 1.54) is 0 Å². The molecular formula is C11H16ClNO3S. The lowest BCUT2D eigenvalue weighted by atomic mass is 9.74. The number of alkyl halides is 1. The summed E-state index contributed by atoms with van der Waals surface area (Å²) in [6.45, 7) is 3.70. The number of amides is 1. The third-order valence-corrected chi connectivity index (χ3v) is 5.31. The summed E-state index contributed by atoms with van der Waals surface area (Å²) in [7, 11) is 0. The van der Waals surface area contributed by atoms with E-state index in [1.54, 1.807) is 0 Å². The zero-order chi connectivity index (χ0) is 12.8. The lowest BCUT2D eigenvalue weighted by molar-refractivity contribution is -0.140. The lowest BCUT2D eigenvalue weighted by Gasteiger charge is -2.48.